The predicted octanol–water partition coefficient (Wildman–Crippen LogP) is 3.03. The summed E-state index contributed by atoms with van der Waals surface area (Å²) in [5.41, 5.74) is -3.28. The van der Waals surface area contributed by atoms with E-state index in [0.717, 1.165) is 28.0 Å². The van der Waals surface area contributed by atoms with Crippen molar-refractivity contribution >= 4 is 16.9 Å². The predicted molar refractivity (Wildman–Crippen MR) is 112 cm³/mol. The smallest absolute Gasteiger partial charge is 0.341 e. The molecule has 0 aliphatic heterocycles. The van der Waals surface area contributed by atoms with Crippen LogP contribution in [0.5, 0.6) is 0 Å². The van der Waals surface area contributed by atoms with Gasteiger partial charge < -0.3 is 4.90 Å². The standard InChI is InChI=1S/C21H29F3N4O3/c1-13(2)8-10-27(11-9-14(3)4)17(29)12-28-19(30)15-6-7-16(21(22,23)24)25-18(15)26(5)20(28)31/h6-7,13-14H,8-12H2,1-5H3. The van der Waals surface area contributed by atoms with Crippen molar-refractivity contribution in [3.63, 3.8) is 0 Å². The second-order valence-corrected chi connectivity index (χ2v) is 8.54. The van der Waals surface area contributed by atoms with Gasteiger partial charge in [-0.3, -0.25) is 18.7 Å². The average Bonchev–Trinajstić information content (AvgIpc) is 2.67. The van der Waals surface area contributed by atoms with Crippen molar-refractivity contribution in [2.24, 2.45) is 18.9 Å². The third-order valence-corrected chi connectivity index (χ3v) is 5.08. The molecule has 0 radical (unpaired) electrons. The Hall–Kier alpha value is -2.65. The summed E-state index contributed by atoms with van der Waals surface area (Å²) in [6.45, 7) is 8.69. The summed E-state index contributed by atoms with van der Waals surface area (Å²) in [4.78, 5) is 43.5. The lowest BCUT2D eigenvalue weighted by atomic mass is 10.1. The minimum atomic E-state index is -4.71. The molecule has 172 valence electrons. The van der Waals surface area contributed by atoms with E-state index >= 15 is 0 Å². The molecule has 10 heteroatoms. The maximum absolute atomic E-state index is 13.0. The summed E-state index contributed by atoms with van der Waals surface area (Å²) in [7, 11) is 1.23. The van der Waals surface area contributed by atoms with Crippen molar-refractivity contribution < 1.29 is 18.0 Å². The lowest BCUT2D eigenvalue weighted by molar-refractivity contribution is -0.141. The van der Waals surface area contributed by atoms with E-state index in [1.807, 2.05) is 27.7 Å². The van der Waals surface area contributed by atoms with Crippen LogP contribution in [0.2, 0.25) is 0 Å². The number of fused-ring (bicyclic) bond motifs is 1. The van der Waals surface area contributed by atoms with Gasteiger partial charge in [0.1, 0.15) is 17.9 Å². The van der Waals surface area contributed by atoms with Crippen LogP contribution < -0.4 is 11.2 Å². The number of hydrogen-bond acceptors (Lipinski definition) is 4. The van der Waals surface area contributed by atoms with Gasteiger partial charge in [-0.2, -0.15) is 13.2 Å². The lowest BCUT2D eigenvalue weighted by Gasteiger charge is -2.25. The van der Waals surface area contributed by atoms with E-state index in [0.29, 0.717) is 31.0 Å². The number of carbonyl (C=O) groups excluding carboxylic acids is 1. The molecule has 1 amide bonds. The first-order valence-electron chi connectivity index (χ1n) is 10.3. The van der Waals surface area contributed by atoms with Crippen molar-refractivity contribution in [3.8, 4) is 0 Å². The largest absolute Gasteiger partial charge is 0.433 e. The van der Waals surface area contributed by atoms with E-state index in [1.54, 1.807) is 4.90 Å². The van der Waals surface area contributed by atoms with Crippen molar-refractivity contribution in [3.05, 3.63) is 38.7 Å². The van der Waals surface area contributed by atoms with Gasteiger partial charge in [0.05, 0.1) is 5.39 Å². The summed E-state index contributed by atoms with van der Waals surface area (Å²) < 4.78 is 40.5. The molecule has 0 fully saturated rings. The minimum Gasteiger partial charge on any atom is -0.341 e. The van der Waals surface area contributed by atoms with E-state index in [-0.39, 0.29) is 16.9 Å². The highest BCUT2D eigenvalue weighted by Crippen LogP contribution is 2.28. The second kappa shape index (κ2) is 9.65. The molecular weight excluding hydrogens is 413 g/mol. The van der Waals surface area contributed by atoms with E-state index in [9.17, 15) is 27.6 Å². The Morgan fingerprint density at radius 2 is 1.61 bits per heavy atom. The fourth-order valence-corrected chi connectivity index (χ4v) is 3.10. The highest BCUT2D eigenvalue weighted by molar-refractivity contribution is 5.77. The number of nitrogens with zero attached hydrogens (tertiary/aromatic N) is 4. The maximum Gasteiger partial charge on any atom is 0.433 e. The third kappa shape index (κ3) is 5.95. The number of alkyl halides is 3. The van der Waals surface area contributed by atoms with Crippen molar-refractivity contribution in [2.75, 3.05) is 13.1 Å². The number of aryl methyl sites for hydroxylation is 1. The van der Waals surface area contributed by atoms with E-state index < -0.39 is 29.7 Å². The Kier molecular flexibility index (Phi) is 7.67. The van der Waals surface area contributed by atoms with Crippen LogP contribution >= 0.6 is 0 Å². The van der Waals surface area contributed by atoms with E-state index in [2.05, 4.69) is 4.98 Å². The lowest BCUT2D eigenvalue weighted by Crippen LogP contribution is -2.45. The molecule has 0 unspecified atom stereocenters. The Labute approximate surface area is 178 Å². The first-order chi connectivity index (χ1) is 14.3. The number of pyridine rings is 1. The molecule has 0 spiro atoms. The van der Waals surface area contributed by atoms with Crippen LogP contribution in [-0.2, 0) is 24.6 Å². The quantitative estimate of drug-likeness (QED) is 0.630. The number of aromatic nitrogens is 3. The molecule has 0 atom stereocenters. The molecule has 0 aliphatic carbocycles. The molecule has 0 saturated heterocycles. The number of rotatable bonds is 8. The summed E-state index contributed by atoms with van der Waals surface area (Å²) in [6, 6.07) is 1.68. The molecule has 0 bridgehead atoms. The van der Waals surface area contributed by atoms with Crippen LogP contribution in [0.15, 0.2) is 21.7 Å². The van der Waals surface area contributed by atoms with Gasteiger partial charge in [0.2, 0.25) is 5.91 Å². The second-order valence-electron chi connectivity index (χ2n) is 8.54. The minimum absolute atomic E-state index is 0.154. The fraction of sp³-hybridized carbons (Fsp3) is 0.619. The monoisotopic (exact) mass is 442 g/mol. The van der Waals surface area contributed by atoms with Gasteiger partial charge in [0.25, 0.3) is 5.56 Å². The molecule has 7 nitrogen and oxygen atoms in total. The molecule has 0 N–H and O–H groups in total. The van der Waals surface area contributed by atoms with Gasteiger partial charge in [-0.05, 0) is 36.8 Å². The van der Waals surface area contributed by atoms with Crippen LogP contribution in [0.25, 0.3) is 11.0 Å². The van der Waals surface area contributed by atoms with Crippen molar-refractivity contribution in [2.45, 2.75) is 53.3 Å². The van der Waals surface area contributed by atoms with Gasteiger partial charge >= 0.3 is 11.9 Å². The van der Waals surface area contributed by atoms with Gasteiger partial charge in [-0.25, -0.2) is 9.78 Å². The zero-order valence-electron chi connectivity index (χ0n) is 18.5. The van der Waals surface area contributed by atoms with Crippen LogP contribution in [0.3, 0.4) is 0 Å². The first kappa shape index (κ1) is 24.6. The molecule has 31 heavy (non-hydrogen) atoms. The SMILES string of the molecule is CC(C)CCN(CCC(C)C)C(=O)Cn1c(=O)c2ccc(C(F)(F)F)nc2n(C)c1=O. The molecule has 2 heterocycles. The normalized spacial score (nSPS) is 12.2. The number of carbonyl (C=O) groups is 1. The Bertz CT molecular complexity index is 1040. The van der Waals surface area contributed by atoms with Gasteiger partial charge in [0.15, 0.2) is 0 Å². The fourth-order valence-electron chi connectivity index (χ4n) is 3.10. The Morgan fingerprint density at radius 1 is 1.06 bits per heavy atom. The van der Waals surface area contributed by atoms with E-state index in [1.165, 1.54) is 7.05 Å². The van der Waals surface area contributed by atoms with Crippen LogP contribution in [-0.4, -0.2) is 38.0 Å². The van der Waals surface area contributed by atoms with Crippen molar-refractivity contribution in [1.29, 1.82) is 0 Å². The van der Waals surface area contributed by atoms with Crippen molar-refractivity contribution in [1.82, 2.24) is 19.0 Å². The zero-order chi connectivity index (χ0) is 23.5. The summed E-state index contributed by atoms with van der Waals surface area (Å²) in [5, 5.41) is -0.154. The molecule has 0 aromatic carbocycles. The summed E-state index contributed by atoms with van der Waals surface area (Å²) in [5.74, 6) is 0.374. The molecule has 2 aromatic heterocycles. The highest BCUT2D eigenvalue weighted by Gasteiger charge is 2.33. The topological polar surface area (TPSA) is 77.2 Å². The van der Waals surface area contributed by atoms with Crippen LogP contribution in [0.4, 0.5) is 13.2 Å². The Morgan fingerprint density at radius 3 is 2.10 bits per heavy atom. The van der Waals surface area contributed by atoms with Crippen LogP contribution in [0, 0.1) is 11.8 Å². The third-order valence-electron chi connectivity index (χ3n) is 5.08. The molecule has 0 aliphatic rings. The van der Waals surface area contributed by atoms with Crippen LogP contribution in [0.1, 0.15) is 46.2 Å². The average molecular weight is 442 g/mol. The first-order valence-corrected chi connectivity index (χ1v) is 10.3. The summed E-state index contributed by atoms with van der Waals surface area (Å²) >= 11 is 0. The molecule has 2 rings (SSSR count). The maximum atomic E-state index is 13.0. The highest BCUT2D eigenvalue weighted by atomic mass is 19.4. The molecular formula is C21H29F3N4O3. The van der Waals surface area contributed by atoms with Gasteiger partial charge in [0, 0.05) is 20.1 Å². The number of amides is 1. The Balaban J connectivity index is 2.43. The van der Waals surface area contributed by atoms with Gasteiger partial charge in [-0.15, -0.1) is 0 Å². The van der Waals surface area contributed by atoms with E-state index in [4.69, 9.17) is 0 Å². The summed E-state index contributed by atoms with van der Waals surface area (Å²) in [6.07, 6.45) is -3.15. The van der Waals surface area contributed by atoms with Gasteiger partial charge in [-0.1, -0.05) is 27.7 Å². The molecule has 2 aromatic rings. The number of halogens is 3. The zero-order valence-corrected chi connectivity index (χ0v) is 18.5. The number of hydrogen-bond donors (Lipinski definition) is 0. The molecule has 0 saturated carbocycles.